The maximum absolute atomic E-state index is 14.3. The summed E-state index contributed by atoms with van der Waals surface area (Å²) < 4.78 is 28.2. The molecule has 0 bridgehead atoms. The number of halogens is 2. The summed E-state index contributed by atoms with van der Waals surface area (Å²) in [6.07, 6.45) is 3.21. The molecule has 1 nitrogen and oxygen atoms in total. The van der Waals surface area contributed by atoms with Crippen LogP contribution in [0.25, 0.3) is 0 Å². The van der Waals surface area contributed by atoms with Crippen LogP contribution in [0, 0.1) is 18.6 Å². The van der Waals surface area contributed by atoms with Crippen molar-refractivity contribution in [2.45, 2.75) is 38.1 Å². The Balaban J connectivity index is 2.03. The fourth-order valence-corrected chi connectivity index (χ4v) is 4.34. The summed E-state index contributed by atoms with van der Waals surface area (Å²) in [6.45, 7) is 1.59. The van der Waals surface area contributed by atoms with Crippen LogP contribution in [-0.2, 0) is 6.42 Å². The molecule has 0 aliphatic heterocycles. The summed E-state index contributed by atoms with van der Waals surface area (Å²) in [5.41, 5.74) is 2.08. The zero-order chi connectivity index (χ0) is 15.0. The molecule has 0 fully saturated rings. The van der Waals surface area contributed by atoms with Gasteiger partial charge in [0.15, 0.2) is 11.6 Å². The van der Waals surface area contributed by atoms with E-state index < -0.39 is 11.6 Å². The Kier molecular flexibility index (Phi) is 4.09. The highest BCUT2D eigenvalue weighted by atomic mass is 32.1. The standard InChI is InChI=1S/C17H19F2NS/c1-10-6-7-13(16(19)15(10)18)17(20-2)12-4-3-5-14-11(12)8-9-21-14/h6-9,12,17,20H,3-5H2,1-2H3. The van der Waals surface area contributed by atoms with Gasteiger partial charge in [0.05, 0.1) is 0 Å². The quantitative estimate of drug-likeness (QED) is 0.865. The molecule has 4 heteroatoms. The predicted octanol–water partition coefficient (Wildman–Crippen LogP) is 4.72. The molecule has 0 saturated carbocycles. The topological polar surface area (TPSA) is 12.0 Å². The summed E-state index contributed by atoms with van der Waals surface area (Å²) in [7, 11) is 1.82. The third kappa shape index (κ3) is 2.51. The number of rotatable bonds is 3. The van der Waals surface area contributed by atoms with E-state index in [-0.39, 0.29) is 12.0 Å². The van der Waals surface area contributed by atoms with Crippen molar-refractivity contribution in [1.82, 2.24) is 5.32 Å². The number of likely N-dealkylation sites (N-methyl/N-ethyl adjacent to an activating group) is 1. The Morgan fingerprint density at radius 3 is 2.81 bits per heavy atom. The van der Waals surface area contributed by atoms with E-state index in [2.05, 4.69) is 16.8 Å². The van der Waals surface area contributed by atoms with Crippen molar-refractivity contribution < 1.29 is 8.78 Å². The van der Waals surface area contributed by atoms with Crippen molar-refractivity contribution >= 4 is 11.3 Å². The molecule has 1 aromatic carbocycles. The molecule has 0 saturated heterocycles. The number of hydrogen-bond donors (Lipinski definition) is 1. The number of nitrogens with one attached hydrogen (secondary N) is 1. The highest BCUT2D eigenvalue weighted by molar-refractivity contribution is 7.10. The number of benzene rings is 1. The molecule has 1 N–H and O–H groups in total. The first kappa shape index (κ1) is 14.7. The first-order valence-electron chi connectivity index (χ1n) is 7.31. The van der Waals surface area contributed by atoms with Crippen molar-refractivity contribution in [1.29, 1.82) is 0 Å². The van der Waals surface area contributed by atoms with Crippen LogP contribution in [-0.4, -0.2) is 7.05 Å². The molecular weight excluding hydrogens is 288 g/mol. The Morgan fingerprint density at radius 2 is 2.05 bits per heavy atom. The molecule has 0 radical (unpaired) electrons. The molecule has 21 heavy (non-hydrogen) atoms. The summed E-state index contributed by atoms with van der Waals surface area (Å²) in [4.78, 5) is 1.39. The van der Waals surface area contributed by atoms with Gasteiger partial charge in [0.1, 0.15) is 0 Å². The molecule has 2 atom stereocenters. The molecule has 112 valence electrons. The van der Waals surface area contributed by atoms with E-state index in [1.54, 1.807) is 30.4 Å². The summed E-state index contributed by atoms with van der Waals surface area (Å²) in [6, 6.07) is 5.33. The minimum atomic E-state index is -0.728. The normalized spacial score (nSPS) is 19.3. The van der Waals surface area contributed by atoms with E-state index in [0.29, 0.717) is 11.1 Å². The fraction of sp³-hybridized carbons (Fsp3) is 0.412. The van der Waals surface area contributed by atoms with Gasteiger partial charge in [0, 0.05) is 22.4 Å². The van der Waals surface area contributed by atoms with Gasteiger partial charge in [-0.2, -0.15) is 0 Å². The summed E-state index contributed by atoms with van der Waals surface area (Å²) in [5.74, 6) is -1.23. The molecular formula is C17H19F2NS. The number of hydrogen-bond acceptors (Lipinski definition) is 2. The van der Waals surface area contributed by atoms with Gasteiger partial charge < -0.3 is 5.32 Å². The van der Waals surface area contributed by atoms with Gasteiger partial charge in [-0.3, -0.25) is 0 Å². The fourth-order valence-electron chi connectivity index (χ4n) is 3.34. The van der Waals surface area contributed by atoms with E-state index in [9.17, 15) is 8.78 Å². The second-order valence-electron chi connectivity index (χ2n) is 5.66. The van der Waals surface area contributed by atoms with Crippen LogP contribution in [0.5, 0.6) is 0 Å². The maximum Gasteiger partial charge on any atom is 0.163 e. The highest BCUT2D eigenvalue weighted by Crippen LogP contribution is 2.43. The van der Waals surface area contributed by atoms with Crippen LogP contribution in [0.15, 0.2) is 23.6 Å². The third-order valence-electron chi connectivity index (χ3n) is 4.45. The SMILES string of the molecule is CNC(c1ccc(C)c(F)c1F)C1CCCc2sccc21. The predicted molar refractivity (Wildman–Crippen MR) is 82.9 cm³/mol. The molecule has 3 rings (SSSR count). The Hall–Kier alpha value is -1.26. The number of thiophene rings is 1. The first-order valence-corrected chi connectivity index (χ1v) is 8.19. The molecule has 2 aromatic rings. The van der Waals surface area contributed by atoms with E-state index in [4.69, 9.17) is 0 Å². The minimum Gasteiger partial charge on any atom is -0.312 e. The second-order valence-corrected chi connectivity index (χ2v) is 6.66. The largest absolute Gasteiger partial charge is 0.312 e. The van der Waals surface area contributed by atoms with E-state index in [0.717, 1.165) is 19.3 Å². The smallest absolute Gasteiger partial charge is 0.163 e. The van der Waals surface area contributed by atoms with Crippen molar-refractivity contribution in [3.8, 4) is 0 Å². The number of fused-ring (bicyclic) bond motifs is 1. The molecule has 0 spiro atoms. The lowest BCUT2D eigenvalue weighted by molar-refractivity contribution is 0.402. The van der Waals surface area contributed by atoms with Crippen LogP contribution in [0.4, 0.5) is 8.78 Å². The van der Waals surface area contributed by atoms with Crippen LogP contribution in [0.3, 0.4) is 0 Å². The highest BCUT2D eigenvalue weighted by Gasteiger charge is 2.31. The Bertz CT molecular complexity index is 650. The van der Waals surface area contributed by atoms with Crippen LogP contribution >= 0.6 is 11.3 Å². The summed E-state index contributed by atoms with van der Waals surface area (Å²) >= 11 is 1.77. The van der Waals surface area contributed by atoms with Gasteiger partial charge in [-0.25, -0.2) is 8.78 Å². The van der Waals surface area contributed by atoms with Gasteiger partial charge in [-0.05, 0) is 55.8 Å². The zero-order valence-corrected chi connectivity index (χ0v) is 13.1. The first-order chi connectivity index (χ1) is 10.1. The van der Waals surface area contributed by atoms with Crippen molar-refractivity contribution in [3.63, 3.8) is 0 Å². The monoisotopic (exact) mass is 307 g/mol. The number of aryl methyl sites for hydroxylation is 2. The molecule has 2 unspecified atom stereocenters. The lowest BCUT2D eigenvalue weighted by atomic mass is 9.79. The molecule has 1 aromatic heterocycles. The van der Waals surface area contributed by atoms with Gasteiger partial charge in [0.25, 0.3) is 0 Å². The van der Waals surface area contributed by atoms with Crippen LogP contribution in [0.2, 0.25) is 0 Å². The van der Waals surface area contributed by atoms with Gasteiger partial charge in [-0.1, -0.05) is 12.1 Å². The van der Waals surface area contributed by atoms with Crippen molar-refractivity contribution in [3.05, 3.63) is 56.8 Å². The average molecular weight is 307 g/mol. The zero-order valence-electron chi connectivity index (χ0n) is 12.2. The summed E-state index contributed by atoms with van der Waals surface area (Å²) in [5, 5.41) is 5.30. The Morgan fingerprint density at radius 1 is 1.24 bits per heavy atom. The second kappa shape index (κ2) is 5.85. The third-order valence-corrected chi connectivity index (χ3v) is 5.45. The van der Waals surface area contributed by atoms with Gasteiger partial charge in [-0.15, -0.1) is 11.3 Å². The molecule has 1 heterocycles. The maximum atomic E-state index is 14.3. The van der Waals surface area contributed by atoms with Gasteiger partial charge in [0.2, 0.25) is 0 Å². The average Bonchev–Trinajstić information content (AvgIpc) is 2.97. The molecule has 1 aliphatic carbocycles. The Labute approximate surface area is 128 Å². The van der Waals surface area contributed by atoms with E-state index >= 15 is 0 Å². The molecule has 1 aliphatic rings. The molecule has 0 amide bonds. The van der Waals surface area contributed by atoms with Crippen LogP contribution in [0.1, 0.15) is 46.4 Å². The lowest BCUT2D eigenvalue weighted by Gasteiger charge is -2.31. The van der Waals surface area contributed by atoms with E-state index in [1.165, 1.54) is 10.4 Å². The lowest BCUT2D eigenvalue weighted by Crippen LogP contribution is -2.27. The van der Waals surface area contributed by atoms with E-state index in [1.807, 2.05) is 7.05 Å². The van der Waals surface area contributed by atoms with Gasteiger partial charge >= 0.3 is 0 Å². The van der Waals surface area contributed by atoms with Crippen LogP contribution < -0.4 is 5.32 Å². The van der Waals surface area contributed by atoms with Crippen molar-refractivity contribution in [2.75, 3.05) is 7.05 Å². The van der Waals surface area contributed by atoms with Crippen molar-refractivity contribution in [2.24, 2.45) is 0 Å². The minimum absolute atomic E-state index is 0.186.